The van der Waals surface area contributed by atoms with Crippen molar-refractivity contribution in [2.75, 3.05) is 11.1 Å². The van der Waals surface area contributed by atoms with Crippen LogP contribution in [0.5, 0.6) is 0 Å². The van der Waals surface area contributed by atoms with Crippen molar-refractivity contribution in [2.24, 2.45) is 0 Å². The maximum Gasteiger partial charge on any atom is 0.222 e. The molecule has 2 aromatic rings. The number of benzene rings is 1. The molecule has 0 amide bonds. The zero-order chi connectivity index (χ0) is 13.0. The molecule has 4 N–H and O–H groups in total. The molecule has 0 aliphatic carbocycles. The smallest absolute Gasteiger partial charge is 0.222 e. The van der Waals surface area contributed by atoms with Gasteiger partial charge in [-0.15, -0.1) is 0 Å². The molecular weight excluding hydrogens is 246 g/mol. The molecule has 1 heterocycles. The Morgan fingerprint density at radius 3 is 2.89 bits per heavy atom. The van der Waals surface area contributed by atoms with Crippen LogP contribution in [0.2, 0.25) is 0 Å². The number of rotatable bonds is 4. The van der Waals surface area contributed by atoms with Crippen LogP contribution in [0.1, 0.15) is 5.69 Å². The second-order valence-corrected chi connectivity index (χ2v) is 4.58. The second-order valence-electron chi connectivity index (χ2n) is 3.64. The average Bonchev–Trinajstić information content (AvgIpc) is 2.28. The van der Waals surface area contributed by atoms with Crippen molar-refractivity contribution in [1.29, 1.82) is 5.41 Å². The highest BCUT2D eigenvalue weighted by atomic mass is 32.2. The quantitative estimate of drug-likeness (QED) is 0.446. The Labute approximate surface area is 109 Å². The molecular formula is C12H13N5S. The summed E-state index contributed by atoms with van der Waals surface area (Å²) in [5, 5.41) is 10.2. The van der Waals surface area contributed by atoms with Crippen LogP contribution in [0.25, 0.3) is 0 Å². The lowest BCUT2D eigenvalue weighted by molar-refractivity contribution is 1.12. The fourth-order valence-electron chi connectivity index (χ4n) is 1.52. The standard InChI is InChI=1S/C12H13N5S/c1-8-5-11(17-12(14)15-8)16-9-3-2-4-10(6-9)18-7-13/h2-7,13H,1H3,(H3,14,15,16,17). The number of nitrogens with two attached hydrogens (primary N) is 1. The van der Waals surface area contributed by atoms with Gasteiger partial charge in [0.2, 0.25) is 5.95 Å². The van der Waals surface area contributed by atoms with Crippen LogP contribution in [0.4, 0.5) is 17.5 Å². The molecule has 1 aromatic carbocycles. The second kappa shape index (κ2) is 5.50. The predicted octanol–water partition coefficient (Wildman–Crippen LogP) is 2.81. The normalized spacial score (nSPS) is 10.1. The lowest BCUT2D eigenvalue weighted by atomic mass is 10.3. The topological polar surface area (TPSA) is 87.7 Å². The monoisotopic (exact) mass is 259 g/mol. The van der Waals surface area contributed by atoms with Gasteiger partial charge in [-0.1, -0.05) is 17.8 Å². The summed E-state index contributed by atoms with van der Waals surface area (Å²) in [5.74, 6) is 0.916. The summed E-state index contributed by atoms with van der Waals surface area (Å²) >= 11 is 1.35. The molecule has 0 bridgehead atoms. The Kier molecular flexibility index (Phi) is 3.78. The summed E-state index contributed by atoms with van der Waals surface area (Å²) in [5.41, 5.74) is 8.61. The molecule has 18 heavy (non-hydrogen) atoms. The van der Waals surface area contributed by atoms with E-state index >= 15 is 0 Å². The summed E-state index contributed by atoms with van der Waals surface area (Å²) in [6, 6.07) is 9.57. The van der Waals surface area contributed by atoms with E-state index in [-0.39, 0.29) is 5.95 Å². The Bertz CT molecular complexity index is 550. The van der Waals surface area contributed by atoms with E-state index in [0.29, 0.717) is 5.82 Å². The van der Waals surface area contributed by atoms with Gasteiger partial charge in [0.1, 0.15) is 5.82 Å². The molecule has 0 aliphatic rings. The molecule has 0 saturated heterocycles. The van der Waals surface area contributed by atoms with Crippen LogP contribution in [-0.2, 0) is 0 Å². The summed E-state index contributed by atoms with van der Waals surface area (Å²) < 4.78 is 0. The van der Waals surface area contributed by atoms with Crippen molar-refractivity contribution in [3.63, 3.8) is 0 Å². The first-order chi connectivity index (χ1) is 8.67. The van der Waals surface area contributed by atoms with E-state index in [1.807, 2.05) is 37.3 Å². The van der Waals surface area contributed by atoms with Gasteiger partial charge in [0.25, 0.3) is 0 Å². The van der Waals surface area contributed by atoms with E-state index in [1.165, 1.54) is 17.3 Å². The van der Waals surface area contributed by atoms with E-state index in [4.69, 9.17) is 11.1 Å². The molecule has 0 unspecified atom stereocenters. The van der Waals surface area contributed by atoms with E-state index in [1.54, 1.807) is 0 Å². The van der Waals surface area contributed by atoms with Gasteiger partial charge in [0.15, 0.2) is 0 Å². The van der Waals surface area contributed by atoms with Gasteiger partial charge in [-0.3, -0.25) is 0 Å². The lowest BCUT2D eigenvalue weighted by Gasteiger charge is -2.07. The third-order valence-corrected chi connectivity index (χ3v) is 2.82. The molecule has 92 valence electrons. The van der Waals surface area contributed by atoms with Crippen molar-refractivity contribution in [2.45, 2.75) is 11.8 Å². The largest absolute Gasteiger partial charge is 0.368 e. The summed E-state index contributed by atoms with van der Waals surface area (Å²) in [7, 11) is 0. The molecule has 0 saturated carbocycles. The number of anilines is 3. The number of hydrogen-bond donors (Lipinski definition) is 3. The van der Waals surface area contributed by atoms with E-state index in [9.17, 15) is 0 Å². The van der Waals surface area contributed by atoms with E-state index in [2.05, 4.69) is 15.3 Å². The minimum atomic E-state index is 0.252. The number of hydrogen-bond acceptors (Lipinski definition) is 6. The first kappa shape index (κ1) is 12.4. The number of thioether (sulfide) groups is 1. The number of nitrogen functional groups attached to an aromatic ring is 1. The van der Waals surface area contributed by atoms with E-state index < -0.39 is 0 Å². The fourth-order valence-corrected chi connectivity index (χ4v) is 2.01. The highest BCUT2D eigenvalue weighted by Crippen LogP contribution is 2.22. The fraction of sp³-hybridized carbons (Fsp3) is 0.0833. The Hall–Kier alpha value is -2.08. The molecule has 6 heteroatoms. The number of aryl methyl sites for hydroxylation is 1. The minimum Gasteiger partial charge on any atom is -0.368 e. The highest BCUT2D eigenvalue weighted by molar-refractivity contribution is 8.12. The van der Waals surface area contributed by atoms with Gasteiger partial charge in [0, 0.05) is 22.3 Å². The third-order valence-electron chi connectivity index (χ3n) is 2.17. The van der Waals surface area contributed by atoms with Gasteiger partial charge in [-0.25, -0.2) is 4.98 Å². The Morgan fingerprint density at radius 1 is 1.33 bits per heavy atom. The molecule has 5 nitrogen and oxygen atoms in total. The average molecular weight is 259 g/mol. The molecule has 0 atom stereocenters. The number of nitrogens with zero attached hydrogens (tertiary/aromatic N) is 2. The van der Waals surface area contributed by atoms with Crippen LogP contribution in [0, 0.1) is 12.3 Å². The van der Waals surface area contributed by atoms with Gasteiger partial charge >= 0.3 is 0 Å². The van der Waals surface area contributed by atoms with Crippen LogP contribution < -0.4 is 11.1 Å². The Morgan fingerprint density at radius 2 is 2.17 bits per heavy atom. The van der Waals surface area contributed by atoms with Gasteiger partial charge in [-0.2, -0.15) is 4.98 Å². The molecule has 0 spiro atoms. The zero-order valence-electron chi connectivity index (χ0n) is 9.84. The SMILES string of the molecule is Cc1cc(Nc2cccc(SC=N)c2)nc(N)n1. The van der Waals surface area contributed by atoms with Crippen LogP contribution in [-0.4, -0.2) is 15.5 Å². The van der Waals surface area contributed by atoms with Crippen molar-refractivity contribution >= 4 is 34.8 Å². The first-order valence-electron chi connectivity index (χ1n) is 5.31. The predicted molar refractivity (Wildman–Crippen MR) is 75.5 cm³/mol. The maximum atomic E-state index is 7.07. The third kappa shape index (κ3) is 3.21. The lowest BCUT2D eigenvalue weighted by Crippen LogP contribution is -2.01. The van der Waals surface area contributed by atoms with Crippen molar-refractivity contribution in [1.82, 2.24) is 9.97 Å². The molecule has 1 aromatic heterocycles. The van der Waals surface area contributed by atoms with Crippen LogP contribution >= 0.6 is 11.8 Å². The van der Waals surface area contributed by atoms with E-state index in [0.717, 1.165) is 16.3 Å². The van der Waals surface area contributed by atoms with Crippen LogP contribution in [0.3, 0.4) is 0 Å². The van der Waals surface area contributed by atoms with Crippen molar-refractivity contribution in [3.8, 4) is 0 Å². The highest BCUT2D eigenvalue weighted by Gasteiger charge is 2.01. The molecule has 0 radical (unpaired) electrons. The number of nitrogens with one attached hydrogen (secondary N) is 2. The van der Waals surface area contributed by atoms with Crippen molar-refractivity contribution in [3.05, 3.63) is 36.0 Å². The van der Waals surface area contributed by atoms with Crippen LogP contribution in [0.15, 0.2) is 35.2 Å². The van der Waals surface area contributed by atoms with Gasteiger partial charge in [0.05, 0.1) is 5.55 Å². The van der Waals surface area contributed by atoms with Gasteiger partial charge in [-0.05, 0) is 25.1 Å². The zero-order valence-corrected chi connectivity index (χ0v) is 10.7. The number of aromatic nitrogens is 2. The maximum absolute atomic E-state index is 7.07. The molecule has 0 fully saturated rings. The Balaban J connectivity index is 2.22. The molecule has 2 rings (SSSR count). The summed E-state index contributed by atoms with van der Waals surface area (Å²) in [4.78, 5) is 9.12. The first-order valence-corrected chi connectivity index (χ1v) is 6.19. The summed E-state index contributed by atoms with van der Waals surface area (Å²) in [6.07, 6.45) is 0. The van der Waals surface area contributed by atoms with Crippen molar-refractivity contribution < 1.29 is 0 Å². The minimum absolute atomic E-state index is 0.252. The van der Waals surface area contributed by atoms with Gasteiger partial charge < -0.3 is 16.5 Å². The molecule has 0 aliphatic heterocycles. The summed E-state index contributed by atoms with van der Waals surface area (Å²) in [6.45, 7) is 1.87.